The summed E-state index contributed by atoms with van der Waals surface area (Å²) in [5, 5.41) is 38.6. The minimum absolute atomic E-state index is 0.379. The van der Waals surface area contributed by atoms with Crippen LogP contribution in [0.3, 0.4) is 0 Å². The van der Waals surface area contributed by atoms with Crippen molar-refractivity contribution in [2.75, 3.05) is 6.61 Å². The van der Waals surface area contributed by atoms with Gasteiger partial charge >= 0.3 is 5.92 Å². The second-order valence-electron chi connectivity index (χ2n) is 4.12. The second kappa shape index (κ2) is 5.66. The van der Waals surface area contributed by atoms with Gasteiger partial charge in [-0.25, -0.2) is 0 Å². The average molecular weight is 287 g/mol. The van der Waals surface area contributed by atoms with Gasteiger partial charge in [-0.15, -0.1) is 11.8 Å². The van der Waals surface area contributed by atoms with Crippen LogP contribution in [0.25, 0.3) is 0 Å². The summed E-state index contributed by atoms with van der Waals surface area (Å²) in [6, 6.07) is -1.42. The highest BCUT2D eigenvalue weighted by molar-refractivity contribution is 8.00. The molecule has 9 heteroatoms. The van der Waals surface area contributed by atoms with Crippen molar-refractivity contribution in [3.8, 4) is 0 Å². The number of aliphatic hydroxyl groups is 4. The van der Waals surface area contributed by atoms with E-state index in [9.17, 15) is 28.9 Å². The van der Waals surface area contributed by atoms with Gasteiger partial charge in [-0.05, 0) is 0 Å². The van der Waals surface area contributed by atoms with E-state index in [1.807, 2.05) is 0 Å². The van der Waals surface area contributed by atoms with Gasteiger partial charge in [-0.3, -0.25) is 4.79 Å². The monoisotopic (exact) mass is 287 g/mol. The van der Waals surface area contributed by atoms with Crippen molar-refractivity contribution in [3.63, 3.8) is 0 Å². The molecule has 3 unspecified atom stereocenters. The molecule has 0 aliphatic carbocycles. The van der Waals surface area contributed by atoms with Crippen LogP contribution in [0, 0.1) is 0 Å². The number of aliphatic hydroxyl groups excluding tert-OH is 4. The Morgan fingerprint density at radius 3 is 2.33 bits per heavy atom. The first-order chi connectivity index (χ1) is 8.18. The lowest BCUT2D eigenvalue weighted by molar-refractivity contribution is -0.146. The molecule has 1 fully saturated rings. The van der Waals surface area contributed by atoms with Crippen molar-refractivity contribution < 1.29 is 34.0 Å². The molecular formula is C9H15F2NO5S. The van der Waals surface area contributed by atoms with E-state index >= 15 is 0 Å². The van der Waals surface area contributed by atoms with E-state index < -0.39 is 47.4 Å². The van der Waals surface area contributed by atoms with Crippen LogP contribution in [0.5, 0.6) is 0 Å². The van der Waals surface area contributed by atoms with E-state index in [0.717, 1.165) is 0 Å². The maximum absolute atomic E-state index is 12.7. The van der Waals surface area contributed by atoms with Gasteiger partial charge in [-0.1, -0.05) is 0 Å². The smallest absolute Gasteiger partial charge is 0.321 e. The average Bonchev–Trinajstić information content (AvgIpc) is 2.27. The molecular weight excluding hydrogens is 272 g/mol. The number of rotatable bonds is 3. The standard InChI is InChI=1S/C9H15F2NO5S/c1-9(10,11)8(17)12-4-6(15)5(14)3(2-13)18-7(4)16/h3-7,13-16H,2H2,1H3,(H,12,17)/t3?,4?,5-,6-,7?/m1/s1. The third-order valence-electron chi connectivity index (χ3n) is 2.60. The lowest BCUT2D eigenvalue weighted by atomic mass is 10.0. The molecule has 1 amide bonds. The second-order valence-corrected chi connectivity index (χ2v) is 5.48. The number of hydrogen-bond acceptors (Lipinski definition) is 6. The van der Waals surface area contributed by atoms with Gasteiger partial charge in [-0.2, -0.15) is 8.78 Å². The van der Waals surface area contributed by atoms with Crippen molar-refractivity contribution in [2.24, 2.45) is 0 Å². The Balaban J connectivity index is 2.74. The van der Waals surface area contributed by atoms with Crippen LogP contribution in [0.4, 0.5) is 8.78 Å². The number of alkyl halides is 2. The molecule has 0 aromatic carbocycles. The third kappa shape index (κ3) is 3.29. The van der Waals surface area contributed by atoms with Crippen LogP contribution >= 0.6 is 11.8 Å². The maximum atomic E-state index is 12.7. The predicted octanol–water partition coefficient (Wildman–Crippen LogP) is -1.73. The van der Waals surface area contributed by atoms with E-state index in [4.69, 9.17) is 5.11 Å². The molecule has 1 aliphatic heterocycles. The zero-order valence-corrected chi connectivity index (χ0v) is 10.3. The van der Waals surface area contributed by atoms with Crippen molar-refractivity contribution in [1.29, 1.82) is 0 Å². The fraction of sp³-hybridized carbons (Fsp3) is 0.889. The minimum Gasteiger partial charge on any atom is -0.395 e. The summed E-state index contributed by atoms with van der Waals surface area (Å²) in [7, 11) is 0. The van der Waals surface area contributed by atoms with E-state index in [1.165, 1.54) is 0 Å². The Bertz CT molecular complexity index is 314. The number of halogens is 2. The molecule has 0 radical (unpaired) electrons. The summed E-state index contributed by atoms with van der Waals surface area (Å²) in [5.41, 5.74) is -1.40. The van der Waals surface area contributed by atoms with Gasteiger partial charge in [0.2, 0.25) is 0 Å². The van der Waals surface area contributed by atoms with Crippen molar-refractivity contribution in [2.45, 2.75) is 41.8 Å². The SMILES string of the molecule is CC(F)(F)C(=O)NC1C(O)SC(CO)[C@@H](O)[C@@H]1O. The summed E-state index contributed by atoms with van der Waals surface area (Å²) >= 11 is 0.695. The number of nitrogens with one attached hydrogen (secondary N) is 1. The molecule has 0 spiro atoms. The highest BCUT2D eigenvalue weighted by Gasteiger charge is 2.46. The van der Waals surface area contributed by atoms with E-state index in [0.29, 0.717) is 18.7 Å². The Morgan fingerprint density at radius 1 is 1.33 bits per heavy atom. The molecule has 0 saturated carbocycles. The Hall–Kier alpha value is -0.480. The minimum atomic E-state index is -3.65. The van der Waals surface area contributed by atoms with Crippen molar-refractivity contribution in [3.05, 3.63) is 0 Å². The van der Waals surface area contributed by atoms with Crippen LogP contribution in [0.1, 0.15) is 6.92 Å². The lowest BCUT2D eigenvalue weighted by Gasteiger charge is -2.40. The van der Waals surface area contributed by atoms with E-state index in [2.05, 4.69) is 0 Å². The van der Waals surface area contributed by atoms with Gasteiger partial charge in [0.1, 0.15) is 11.5 Å². The van der Waals surface area contributed by atoms with E-state index in [1.54, 1.807) is 5.32 Å². The first kappa shape index (κ1) is 15.6. The first-order valence-electron chi connectivity index (χ1n) is 5.17. The quantitative estimate of drug-likeness (QED) is 0.422. The molecule has 1 aliphatic rings. The van der Waals surface area contributed by atoms with Gasteiger partial charge in [0.25, 0.3) is 5.91 Å². The molecule has 5 N–H and O–H groups in total. The molecule has 0 aromatic rings. The molecule has 5 atom stereocenters. The van der Waals surface area contributed by atoms with Crippen LogP contribution in [0.15, 0.2) is 0 Å². The van der Waals surface area contributed by atoms with Crippen LogP contribution in [-0.4, -0.2) is 67.8 Å². The molecule has 18 heavy (non-hydrogen) atoms. The van der Waals surface area contributed by atoms with Crippen LogP contribution in [0.2, 0.25) is 0 Å². The summed E-state index contributed by atoms with van der Waals surface area (Å²) < 4.78 is 25.4. The fourth-order valence-electron chi connectivity index (χ4n) is 1.53. The van der Waals surface area contributed by atoms with Gasteiger partial charge in [0, 0.05) is 6.92 Å². The predicted molar refractivity (Wildman–Crippen MR) is 59.0 cm³/mol. The van der Waals surface area contributed by atoms with Crippen LogP contribution in [-0.2, 0) is 4.79 Å². The number of amides is 1. The maximum Gasteiger partial charge on any atom is 0.321 e. The van der Waals surface area contributed by atoms with Crippen molar-refractivity contribution >= 4 is 17.7 Å². The zero-order chi connectivity index (χ0) is 14.1. The Labute approximate surface area is 106 Å². The molecule has 0 bridgehead atoms. The summed E-state index contributed by atoms with van der Waals surface area (Å²) in [5.74, 6) is -5.30. The number of carbonyl (C=O) groups excluding carboxylic acids is 1. The van der Waals surface area contributed by atoms with Crippen molar-refractivity contribution in [1.82, 2.24) is 5.32 Å². The fourth-order valence-corrected chi connectivity index (χ4v) is 2.70. The molecule has 1 saturated heterocycles. The lowest BCUT2D eigenvalue weighted by Crippen LogP contribution is -2.62. The first-order valence-corrected chi connectivity index (χ1v) is 6.12. The van der Waals surface area contributed by atoms with Gasteiger partial charge in [0.15, 0.2) is 0 Å². The zero-order valence-electron chi connectivity index (χ0n) is 9.46. The third-order valence-corrected chi connectivity index (χ3v) is 3.95. The molecule has 106 valence electrons. The number of thioether (sulfide) groups is 1. The highest BCUT2D eigenvalue weighted by Crippen LogP contribution is 2.31. The van der Waals surface area contributed by atoms with E-state index in [-0.39, 0.29) is 0 Å². The summed E-state index contributed by atoms with van der Waals surface area (Å²) in [6.07, 6.45) is -3.07. The molecule has 1 rings (SSSR count). The summed E-state index contributed by atoms with van der Waals surface area (Å²) in [6.45, 7) is -0.116. The Morgan fingerprint density at radius 2 is 1.89 bits per heavy atom. The van der Waals surface area contributed by atoms with Gasteiger partial charge < -0.3 is 25.7 Å². The van der Waals surface area contributed by atoms with Gasteiger partial charge in [0.05, 0.1) is 24.0 Å². The van der Waals surface area contributed by atoms with Crippen LogP contribution < -0.4 is 5.32 Å². The molecule has 1 heterocycles. The normalized spacial score (nSPS) is 37.4. The largest absolute Gasteiger partial charge is 0.395 e. The number of carbonyl (C=O) groups is 1. The Kier molecular flexibility index (Phi) is 4.90. The summed E-state index contributed by atoms with van der Waals surface area (Å²) in [4.78, 5) is 11.1. The number of hydrogen-bond donors (Lipinski definition) is 5. The topological polar surface area (TPSA) is 110 Å². The highest BCUT2D eigenvalue weighted by atomic mass is 32.2. The molecule has 0 aromatic heterocycles. The molecule has 6 nitrogen and oxygen atoms in total.